The van der Waals surface area contributed by atoms with Gasteiger partial charge in [-0.1, -0.05) is 31.0 Å². The van der Waals surface area contributed by atoms with Crippen molar-refractivity contribution in [3.8, 4) is 0 Å². The maximum Gasteiger partial charge on any atom is 0.0530 e. The molecule has 0 spiro atoms. The fraction of sp³-hybridized carbons (Fsp3) is 0.579. The fourth-order valence-electron chi connectivity index (χ4n) is 3.81. The molecule has 2 N–H and O–H groups in total. The van der Waals surface area contributed by atoms with E-state index in [0.29, 0.717) is 12.6 Å². The van der Waals surface area contributed by atoms with E-state index < -0.39 is 0 Å². The molecular weight excluding hydrogens is 270 g/mol. The van der Waals surface area contributed by atoms with Gasteiger partial charge in [0.25, 0.3) is 0 Å². The molecule has 0 radical (unpaired) electrons. The molecule has 2 aromatic rings. The van der Waals surface area contributed by atoms with Gasteiger partial charge in [0.2, 0.25) is 0 Å². The van der Waals surface area contributed by atoms with Gasteiger partial charge in [-0.2, -0.15) is 0 Å². The lowest BCUT2D eigenvalue weighted by Gasteiger charge is -2.23. The van der Waals surface area contributed by atoms with Gasteiger partial charge in [0, 0.05) is 30.2 Å². The Balaban J connectivity index is 1.99. The van der Waals surface area contributed by atoms with Crippen LogP contribution in [-0.4, -0.2) is 22.6 Å². The van der Waals surface area contributed by atoms with Crippen LogP contribution >= 0.6 is 0 Å². The number of fused-ring (bicyclic) bond motifs is 1. The normalized spacial score (nSPS) is 17.3. The molecule has 0 amide bonds. The van der Waals surface area contributed by atoms with Crippen LogP contribution in [0.1, 0.15) is 56.8 Å². The highest BCUT2D eigenvalue weighted by Crippen LogP contribution is 2.28. The Labute approximate surface area is 134 Å². The van der Waals surface area contributed by atoms with Crippen LogP contribution in [0.4, 0.5) is 0 Å². The van der Waals surface area contributed by atoms with Crippen molar-refractivity contribution >= 4 is 10.9 Å². The second-order valence-electron chi connectivity index (χ2n) is 6.85. The third-order valence-corrected chi connectivity index (χ3v) is 4.84. The fourth-order valence-corrected chi connectivity index (χ4v) is 3.81. The first-order chi connectivity index (χ1) is 10.7. The Kier molecular flexibility index (Phi) is 4.84. The molecule has 0 atom stereocenters. The quantitative estimate of drug-likeness (QED) is 0.924. The van der Waals surface area contributed by atoms with E-state index in [1.165, 1.54) is 60.9 Å². The first kappa shape index (κ1) is 15.6. The summed E-state index contributed by atoms with van der Waals surface area (Å²) in [6.07, 6.45) is 5.47. The summed E-state index contributed by atoms with van der Waals surface area (Å²) in [6, 6.07) is 9.35. The number of hydrogen-bond donors (Lipinski definition) is 1. The molecule has 0 bridgehead atoms. The molecule has 1 aromatic heterocycles. The summed E-state index contributed by atoms with van der Waals surface area (Å²) < 4.78 is 2.50. The zero-order chi connectivity index (χ0) is 15.5. The van der Waals surface area contributed by atoms with E-state index in [0.717, 1.165) is 6.54 Å². The number of nitrogens with two attached hydrogens (primary N) is 1. The predicted molar refractivity (Wildman–Crippen MR) is 94.0 cm³/mol. The van der Waals surface area contributed by atoms with Gasteiger partial charge >= 0.3 is 0 Å². The van der Waals surface area contributed by atoms with Crippen LogP contribution in [0.15, 0.2) is 24.3 Å². The van der Waals surface area contributed by atoms with E-state index in [2.05, 4.69) is 47.6 Å². The molecule has 3 rings (SSSR count). The number of hydrogen-bond acceptors (Lipinski definition) is 2. The van der Waals surface area contributed by atoms with E-state index >= 15 is 0 Å². The molecule has 2 heterocycles. The average Bonchev–Trinajstić information content (AvgIpc) is 2.68. The molecule has 1 saturated heterocycles. The van der Waals surface area contributed by atoms with Crippen molar-refractivity contribution < 1.29 is 0 Å². The monoisotopic (exact) mass is 299 g/mol. The van der Waals surface area contributed by atoms with E-state index in [1.807, 2.05) is 0 Å². The standard InChI is InChI=1S/C19H29N3/c1-15(2)22-18(14-21-10-5-3-4-6-11-21)12-16-8-7-9-17(13-20)19(16)22/h7-9,12,15H,3-6,10-11,13-14,20H2,1-2H3. The molecule has 0 saturated carbocycles. The second-order valence-corrected chi connectivity index (χ2v) is 6.85. The number of aromatic nitrogens is 1. The number of likely N-dealkylation sites (tertiary alicyclic amines) is 1. The first-order valence-corrected chi connectivity index (χ1v) is 8.75. The van der Waals surface area contributed by atoms with Gasteiger partial charge in [-0.25, -0.2) is 0 Å². The summed E-state index contributed by atoms with van der Waals surface area (Å²) in [4.78, 5) is 2.63. The van der Waals surface area contributed by atoms with Crippen molar-refractivity contribution in [3.05, 3.63) is 35.5 Å². The third-order valence-electron chi connectivity index (χ3n) is 4.84. The number of para-hydroxylation sites is 1. The average molecular weight is 299 g/mol. The minimum Gasteiger partial charge on any atom is -0.341 e. The molecule has 3 nitrogen and oxygen atoms in total. The maximum absolute atomic E-state index is 5.98. The Hall–Kier alpha value is -1.32. The van der Waals surface area contributed by atoms with E-state index in [-0.39, 0.29) is 0 Å². The second kappa shape index (κ2) is 6.84. The molecule has 1 aliphatic heterocycles. The SMILES string of the molecule is CC(C)n1c(CN2CCCCCC2)cc2cccc(CN)c21. The summed E-state index contributed by atoms with van der Waals surface area (Å²) in [7, 11) is 0. The molecule has 1 fully saturated rings. The summed E-state index contributed by atoms with van der Waals surface area (Å²) in [5, 5.41) is 1.33. The Morgan fingerprint density at radius 3 is 2.45 bits per heavy atom. The van der Waals surface area contributed by atoms with Crippen molar-refractivity contribution in [2.75, 3.05) is 13.1 Å². The van der Waals surface area contributed by atoms with Crippen molar-refractivity contribution in [1.82, 2.24) is 9.47 Å². The highest BCUT2D eigenvalue weighted by Gasteiger charge is 2.17. The molecule has 120 valence electrons. The Morgan fingerprint density at radius 1 is 1.09 bits per heavy atom. The highest BCUT2D eigenvalue weighted by molar-refractivity contribution is 5.84. The smallest absolute Gasteiger partial charge is 0.0530 e. The van der Waals surface area contributed by atoms with Gasteiger partial charge in [-0.3, -0.25) is 4.90 Å². The Bertz CT molecular complexity index is 619. The van der Waals surface area contributed by atoms with Crippen LogP contribution in [-0.2, 0) is 13.1 Å². The Morgan fingerprint density at radius 2 is 1.82 bits per heavy atom. The van der Waals surface area contributed by atoms with Crippen LogP contribution in [0.5, 0.6) is 0 Å². The number of nitrogens with zero attached hydrogens (tertiary/aromatic N) is 2. The lowest BCUT2D eigenvalue weighted by Crippen LogP contribution is -2.25. The van der Waals surface area contributed by atoms with Crippen molar-refractivity contribution in [1.29, 1.82) is 0 Å². The summed E-state index contributed by atoms with van der Waals surface area (Å²) in [5.74, 6) is 0. The molecule has 3 heteroatoms. The molecule has 1 aromatic carbocycles. The van der Waals surface area contributed by atoms with Crippen molar-refractivity contribution in [3.63, 3.8) is 0 Å². The van der Waals surface area contributed by atoms with Crippen molar-refractivity contribution in [2.24, 2.45) is 5.73 Å². The minimum atomic E-state index is 0.465. The van der Waals surface area contributed by atoms with Gasteiger partial charge in [-0.05, 0) is 51.4 Å². The number of benzene rings is 1. The van der Waals surface area contributed by atoms with Crippen molar-refractivity contribution in [2.45, 2.75) is 58.7 Å². The van der Waals surface area contributed by atoms with Gasteiger partial charge in [0.1, 0.15) is 0 Å². The zero-order valence-corrected chi connectivity index (χ0v) is 14.0. The van der Waals surface area contributed by atoms with E-state index in [1.54, 1.807) is 0 Å². The summed E-state index contributed by atoms with van der Waals surface area (Å²) in [6.45, 7) is 8.71. The molecule has 0 aliphatic carbocycles. The lowest BCUT2D eigenvalue weighted by molar-refractivity contribution is 0.268. The lowest BCUT2D eigenvalue weighted by atomic mass is 10.1. The zero-order valence-electron chi connectivity index (χ0n) is 14.0. The molecule has 22 heavy (non-hydrogen) atoms. The van der Waals surface area contributed by atoms with Gasteiger partial charge in [-0.15, -0.1) is 0 Å². The molecular formula is C19H29N3. The summed E-state index contributed by atoms with van der Waals surface area (Å²) in [5.41, 5.74) is 10.0. The van der Waals surface area contributed by atoms with Crippen LogP contribution in [0, 0.1) is 0 Å². The van der Waals surface area contributed by atoms with Crippen LogP contribution in [0.3, 0.4) is 0 Å². The largest absolute Gasteiger partial charge is 0.341 e. The molecule has 1 aliphatic rings. The highest BCUT2D eigenvalue weighted by atomic mass is 15.1. The summed E-state index contributed by atoms with van der Waals surface area (Å²) >= 11 is 0. The van der Waals surface area contributed by atoms with Crippen LogP contribution < -0.4 is 5.73 Å². The van der Waals surface area contributed by atoms with E-state index in [9.17, 15) is 0 Å². The molecule has 0 unspecified atom stereocenters. The van der Waals surface area contributed by atoms with Gasteiger partial charge in [0.15, 0.2) is 0 Å². The third kappa shape index (κ3) is 3.06. The first-order valence-electron chi connectivity index (χ1n) is 8.75. The maximum atomic E-state index is 5.98. The van der Waals surface area contributed by atoms with Crippen LogP contribution in [0.2, 0.25) is 0 Å². The van der Waals surface area contributed by atoms with Gasteiger partial charge < -0.3 is 10.3 Å². The topological polar surface area (TPSA) is 34.2 Å². The minimum absolute atomic E-state index is 0.465. The van der Waals surface area contributed by atoms with E-state index in [4.69, 9.17) is 5.73 Å². The number of rotatable bonds is 4. The van der Waals surface area contributed by atoms with Gasteiger partial charge in [0.05, 0.1) is 5.52 Å². The predicted octanol–water partition coefficient (Wildman–Crippen LogP) is 4.06. The van der Waals surface area contributed by atoms with Crippen LogP contribution in [0.25, 0.3) is 10.9 Å².